The van der Waals surface area contributed by atoms with Gasteiger partial charge in [0.15, 0.2) is 11.4 Å². The normalized spacial score (nSPS) is 10.5. The van der Waals surface area contributed by atoms with Crippen molar-refractivity contribution in [2.45, 2.75) is 34.2 Å². The Kier molecular flexibility index (Phi) is 3.79. The molecule has 1 aromatic heterocycles. The molecule has 0 aliphatic heterocycles. The van der Waals surface area contributed by atoms with Crippen molar-refractivity contribution in [2.75, 3.05) is 0 Å². The largest absolute Gasteiger partial charge is 0.287 e. The molecule has 2 heteroatoms. The molecule has 0 saturated heterocycles. The Labute approximate surface area is 114 Å². The molecular weight excluding hydrogens is 234 g/mol. The van der Waals surface area contributed by atoms with E-state index in [1.54, 1.807) is 0 Å². The lowest BCUT2D eigenvalue weighted by atomic mass is 10.1. The molecule has 0 unspecified atom stereocenters. The Hall–Kier alpha value is -1.96. The van der Waals surface area contributed by atoms with E-state index in [0.717, 1.165) is 17.0 Å². The number of nitrogens with zero attached hydrogens (tertiary/aromatic N) is 1. The number of carbonyl (C=O) groups excluding carboxylic acids is 1. The maximum Gasteiger partial charge on any atom is 0.227 e. The van der Waals surface area contributed by atoms with Gasteiger partial charge in [0.25, 0.3) is 0 Å². The van der Waals surface area contributed by atoms with Gasteiger partial charge < -0.3 is 0 Å². The molecule has 0 spiro atoms. The quantitative estimate of drug-likeness (QED) is 0.609. The Morgan fingerprint density at radius 3 is 2.00 bits per heavy atom. The second kappa shape index (κ2) is 5.35. The van der Waals surface area contributed by atoms with Crippen molar-refractivity contribution >= 4 is 5.78 Å². The summed E-state index contributed by atoms with van der Waals surface area (Å²) in [6.45, 7) is 8.72. The van der Waals surface area contributed by atoms with Crippen LogP contribution in [0.15, 0.2) is 36.4 Å². The van der Waals surface area contributed by atoms with E-state index >= 15 is 0 Å². The number of benzene rings is 1. The molecule has 0 radical (unpaired) electrons. The second-order valence-electron chi connectivity index (χ2n) is 5.06. The van der Waals surface area contributed by atoms with Crippen molar-refractivity contribution in [2.24, 2.45) is 0 Å². The van der Waals surface area contributed by atoms with Crippen molar-refractivity contribution in [3.05, 3.63) is 64.5 Å². The average Bonchev–Trinajstić information content (AvgIpc) is 2.42. The van der Waals surface area contributed by atoms with Gasteiger partial charge >= 0.3 is 0 Å². The highest BCUT2D eigenvalue weighted by atomic mass is 16.1. The minimum absolute atomic E-state index is 0.154. The van der Waals surface area contributed by atoms with Gasteiger partial charge in [0.1, 0.15) is 0 Å². The molecule has 2 nitrogen and oxygen atoms in total. The predicted molar refractivity (Wildman–Crippen MR) is 76.4 cm³/mol. The van der Waals surface area contributed by atoms with Crippen molar-refractivity contribution in [1.82, 2.24) is 0 Å². The first-order valence-corrected chi connectivity index (χ1v) is 6.56. The highest BCUT2D eigenvalue weighted by molar-refractivity contribution is 5.94. The second-order valence-corrected chi connectivity index (χ2v) is 5.06. The first-order valence-electron chi connectivity index (χ1n) is 6.56. The van der Waals surface area contributed by atoms with Crippen LogP contribution >= 0.6 is 0 Å². The zero-order valence-electron chi connectivity index (χ0n) is 12.0. The lowest BCUT2D eigenvalue weighted by molar-refractivity contribution is -0.695. The molecule has 2 rings (SSSR count). The van der Waals surface area contributed by atoms with Crippen molar-refractivity contribution < 1.29 is 9.36 Å². The lowest BCUT2D eigenvalue weighted by Gasteiger charge is -2.08. The van der Waals surface area contributed by atoms with Crippen LogP contribution in [0.1, 0.15) is 32.9 Å². The van der Waals surface area contributed by atoms with Crippen LogP contribution in [0.3, 0.4) is 0 Å². The number of pyridine rings is 1. The van der Waals surface area contributed by atoms with E-state index in [9.17, 15) is 4.79 Å². The molecule has 0 amide bonds. The number of hydrogen-bond acceptors (Lipinski definition) is 1. The summed E-state index contributed by atoms with van der Waals surface area (Å²) in [5.74, 6) is 0.154. The topological polar surface area (TPSA) is 20.9 Å². The molecule has 19 heavy (non-hydrogen) atoms. The summed E-state index contributed by atoms with van der Waals surface area (Å²) in [4.78, 5) is 12.3. The van der Waals surface area contributed by atoms with E-state index in [2.05, 4.69) is 38.3 Å². The molecule has 0 fully saturated rings. The van der Waals surface area contributed by atoms with E-state index in [-0.39, 0.29) is 5.78 Å². The first kappa shape index (κ1) is 13.5. The maximum atomic E-state index is 12.3. The van der Waals surface area contributed by atoms with E-state index in [4.69, 9.17) is 0 Å². The summed E-state index contributed by atoms with van der Waals surface area (Å²) in [6.07, 6.45) is 0. The lowest BCUT2D eigenvalue weighted by Crippen LogP contribution is -2.45. The maximum absolute atomic E-state index is 12.3. The fourth-order valence-electron chi connectivity index (χ4n) is 2.31. The fraction of sp³-hybridized carbons (Fsp3) is 0.294. The van der Waals surface area contributed by atoms with Gasteiger partial charge in [0.05, 0.1) is 0 Å². The Balaban J connectivity index is 2.37. The van der Waals surface area contributed by atoms with Crippen LogP contribution in [-0.2, 0) is 6.54 Å². The molecule has 0 aliphatic carbocycles. The van der Waals surface area contributed by atoms with Crippen LogP contribution in [0.4, 0.5) is 0 Å². The number of aryl methyl sites for hydroxylation is 2. The summed E-state index contributed by atoms with van der Waals surface area (Å²) in [5.41, 5.74) is 5.54. The highest BCUT2D eigenvalue weighted by Crippen LogP contribution is 2.09. The summed E-state index contributed by atoms with van der Waals surface area (Å²) in [5, 5.41) is 0. The van der Waals surface area contributed by atoms with Crippen LogP contribution in [0.5, 0.6) is 0 Å². The number of rotatable bonds is 3. The molecule has 1 heterocycles. The SMILES string of the molecule is Cc1cc(C)c(C)[n+](CC(=O)c2ccccc2)c1C. The number of aromatic nitrogens is 1. The van der Waals surface area contributed by atoms with Crippen molar-refractivity contribution in [1.29, 1.82) is 0 Å². The molecule has 1 aromatic carbocycles. The standard InChI is InChI=1S/C17H20NO/c1-12-10-13(2)15(4)18(14(12)3)11-17(19)16-8-6-5-7-9-16/h5-10H,11H2,1-4H3/q+1. The van der Waals surface area contributed by atoms with Gasteiger partial charge in [-0.15, -0.1) is 0 Å². The molecular formula is C17H20NO+. The zero-order chi connectivity index (χ0) is 14.0. The predicted octanol–water partition coefficient (Wildman–Crippen LogP) is 3.09. The third kappa shape index (κ3) is 2.73. The molecule has 0 bridgehead atoms. The highest BCUT2D eigenvalue weighted by Gasteiger charge is 2.20. The van der Waals surface area contributed by atoms with Gasteiger partial charge in [0.2, 0.25) is 12.3 Å². The Bertz CT molecular complexity index is 589. The third-order valence-corrected chi connectivity index (χ3v) is 3.78. The van der Waals surface area contributed by atoms with Gasteiger partial charge in [-0.1, -0.05) is 30.3 Å². The van der Waals surface area contributed by atoms with Gasteiger partial charge in [-0.3, -0.25) is 4.79 Å². The molecule has 98 valence electrons. The minimum atomic E-state index is 0.154. The van der Waals surface area contributed by atoms with E-state index in [0.29, 0.717) is 6.54 Å². The van der Waals surface area contributed by atoms with Crippen molar-refractivity contribution in [3.8, 4) is 0 Å². The Morgan fingerprint density at radius 2 is 1.47 bits per heavy atom. The molecule has 2 aromatic rings. The third-order valence-electron chi connectivity index (χ3n) is 3.78. The van der Waals surface area contributed by atoms with Gasteiger partial charge in [-0.2, -0.15) is 4.57 Å². The number of carbonyl (C=O) groups is 1. The van der Waals surface area contributed by atoms with Crippen LogP contribution in [-0.4, -0.2) is 5.78 Å². The summed E-state index contributed by atoms with van der Waals surface area (Å²) in [7, 11) is 0. The molecule has 0 atom stereocenters. The monoisotopic (exact) mass is 254 g/mol. The molecule has 0 saturated carbocycles. The average molecular weight is 254 g/mol. The number of Topliss-reactive ketones (excluding diaryl/α,β-unsaturated/α-hetero) is 1. The van der Waals surface area contributed by atoms with Crippen LogP contribution in [0, 0.1) is 27.7 Å². The molecule has 0 aliphatic rings. The van der Waals surface area contributed by atoms with Gasteiger partial charge in [-0.25, -0.2) is 0 Å². The molecule has 0 N–H and O–H groups in total. The van der Waals surface area contributed by atoms with Crippen LogP contribution in [0.2, 0.25) is 0 Å². The number of ketones is 1. The summed E-state index contributed by atoms with van der Waals surface area (Å²) < 4.78 is 2.11. The van der Waals surface area contributed by atoms with Gasteiger partial charge in [-0.05, 0) is 19.9 Å². The van der Waals surface area contributed by atoms with E-state index in [1.165, 1.54) is 11.1 Å². The van der Waals surface area contributed by atoms with Crippen LogP contribution in [0.25, 0.3) is 0 Å². The Morgan fingerprint density at radius 1 is 0.947 bits per heavy atom. The summed E-state index contributed by atoms with van der Waals surface area (Å²) in [6, 6.07) is 11.6. The van der Waals surface area contributed by atoms with Crippen molar-refractivity contribution in [3.63, 3.8) is 0 Å². The first-order chi connectivity index (χ1) is 9.00. The fourth-order valence-corrected chi connectivity index (χ4v) is 2.31. The summed E-state index contributed by atoms with van der Waals surface area (Å²) >= 11 is 0. The number of hydrogen-bond donors (Lipinski definition) is 0. The smallest absolute Gasteiger partial charge is 0.227 e. The van der Waals surface area contributed by atoms with E-state index in [1.807, 2.05) is 30.3 Å². The minimum Gasteiger partial charge on any atom is -0.287 e. The van der Waals surface area contributed by atoms with E-state index < -0.39 is 0 Å². The zero-order valence-corrected chi connectivity index (χ0v) is 12.0. The van der Waals surface area contributed by atoms with Gasteiger partial charge in [0, 0.05) is 30.5 Å². The van der Waals surface area contributed by atoms with Crippen LogP contribution < -0.4 is 4.57 Å².